The minimum Gasteiger partial charge on any atom is -0.478 e. The third-order valence-corrected chi connectivity index (χ3v) is 4.73. The minimum absolute atomic E-state index is 0.0985. The molecule has 2 aromatic rings. The number of carboxylic acids is 1. The van der Waals surface area contributed by atoms with Gasteiger partial charge in [0.15, 0.2) is 0 Å². The third-order valence-electron chi connectivity index (χ3n) is 3.49. The fourth-order valence-corrected chi connectivity index (χ4v) is 3.29. The first kappa shape index (κ1) is 17.9. The smallest absolute Gasteiger partial charge is 0.335 e. The first-order valence-corrected chi connectivity index (χ1v) is 9.03. The molecule has 2 N–H and O–H groups in total. The van der Waals surface area contributed by atoms with Gasteiger partial charge in [-0.1, -0.05) is 37.3 Å². The van der Waals surface area contributed by atoms with Gasteiger partial charge in [-0.3, -0.25) is 9.00 Å². The van der Waals surface area contributed by atoms with Gasteiger partial charge in [0.25, 0.3) is 0 Å². The van der Waals surface area contributed by atoms with Crippen molar-refractivity contribution in [2.45, 2.75) is 19.1 Å². The van der Waals surface area contributed by atoms with E-state index < -0.39 is 16.8 Å². The predicted molar refractivity (Wildman–Crippen MR) is 94.6 cm³/mol. The molecule has 1 amide bonds. The van der Waals surface area contributed by atoms with Gasteiger partial charge in [0.05, 0.1) is 5.56 Å². The molecular formula is C18H19NO4S. The van der Waals surface area contributed by atoms with Gasteiger partial charge in [-0.25, -0.2) is 4.79 Å². The minimum atomic E-state index is -1.36. The number of carbonyl (C=O) groups excluding carboxylic acids is 1. The molecule has 0 aromatic heterocycles. The summed E-state index contributed by atoms with van der Waals surface area (Å²) in [4.78, 5) is 22.8. The number of aromatic carboxylic acids is 1. The molecular weight excluding hydrogens is 326 g/mol. The highest BCUT2D eigenvalue weighted by Gasteiger charge is 2.11. The van der Waals surface area contributed by atoms with Crippen LogP contribution in [0.4, 0.5) is 5.69 Å². The van der Waals surface area contributed by atoms with E-state index in [0.717, 1.165) is 23.2 Å². The molecule has 0 bridgehead atoms. The van der Waals surface area contributed by atoms with Crippen molar-refractivity contribution in [1.82, 2.24) is 0 Å². The monoisotopic (exact) mass is 345 g/mol. The van der Waals surface area contributed by atoms with E-state index >= 15 is 0 Å². The number of nitrogens with one attached hydrogen (secondary N) is 1. The Kier molecular flexibility index (Phi) is 6.26. The average Bonchev–Trinajstić information content (AvgIpc) is 2.55. The maximum absolute atomic E-state index is 12.1. The maximum atomic E-state index is 12.1. The first-order chi connectivity index (χ1) is 11.5. The lowest BCUT2D eigenvalue weighted by Gasteiger charge is -2.09. The summed E-state index contributed by atoms with van der Waals surface area (Å²) in [5.41, 5.74) is 2.69. The lowest BCUT2D eigenvalue weighted by molar-refractivity contribution is -0.113. The van der Waals surface area contributed by atoms with E-state index in [1.807, 2.05) is 31.2 Å². The van der Waals surface area contributed by atoms with Gasteiger partial charge in [0.1, 0.15) is 5.75 Å². The lowest BCUT2D eigenvalue weighted by atomic mass is 10.1. The Hall–Kier alpha value is -2.47. The molecule has 0 heterocycles. The molecule has 2 rings (SSSR count). The van der Waals surface area contributed by atoms with E-state index in [0.29, 0.717) is 0 Å². The molecule has 0 saturated heterocycles. The van der Waals surface area contributed by atoms with Gasteiger partial charge >= 0.3 is 5.97 Å². The zero-order chi connectivity index (χ0) is 17.5. The Balaban J connectivity index is 1.92. The Morgan fingerprint density at radius 1 is 1.08 bits per heavy atom. The van der Waals surface area contributed by atoms with Gasteiger partial charge < -0.3 is 10.4 Å². The predicted octanol–water partition coefficient (Wildman–Crippen LogP) is 2.83. The van der Waals surface area contributed by atoms with Gasteiger partial charge in [0.2, 0.25) is 5.91 Å². The van der Waals surface area contributed by atoms with Gasteiger partial charge in [-0.15, -0.1) is 0 Å². The molecule has 0 spiro atoms. The van der Waals surface area contributed by atoms with Gasteiger partial charge in [0, 0.05) is 22.2 Å². The van der Waals surface area contributed by atoms with Crippen LogP contribution in [0.25, 0.3) is 0 Å². The maximum Gasteiger partial charge on any atom is 0.335 e. The summed E-state index contributed by atoms with van der Waals surface area (Å²) in [6.07, 6.45) is 0.801. The standard InChI is InChI=1S/C18H19NO4S/c1-2-14-5-3-4-6-16(14)19-17(20)12-24(23)11-13-7-9-15(10-8-13)18(21)22/h3-10H,2,11-12H2,1H3,(H,19,20)(H,21,22). The molecule has 126 valence electrons. The van der Waals surface area contributed by atoms with Crippen LogP contribution >= 0.6 is 0 Å². The van der Waals surface area contributed by atoms with Crippen LogP contribution in [0.15, 0.2) is 48.5 Å². The summed E-state index contributed by atoms with van der Waals surface area (Å²) in [7, 11) is -1.36. The van der Waals surface area contributed by atoms with Crippen molar-refractivity contribution >= 4 is 28.4 Å². The SMILES string of the molecule is CCc1ccccc1NC(=O)CS(=O)Cc1ccc(C(=O)O)cc1. The number of benzene rings is 2. The summed E-state index contributed by atoms with van der Waals surface area (Å²) in [5.74, 6) is -1.19. The van der Waals surface area contributed by atoms with Crippen molar-refractivity contribution in [1.29, 1.82) is 0 Å². The molecule has 0 radical (unpaired) electrons. The lowest BCUT2D eigenvalue weighted by Crippen LogP contribution is -2.21. The van der Waals surface area contributed by atoms with E-state index in [4.69, 9.17) is 5.11 Å². The Morgan fingerprint density at radius 3 is 2.38 bits per heavy atom. The molecule has 2 aromatic carbocycles. The molecule has 0 aliphatic heterocycles. The van der Waals surface area contributed by atoms with E-state index in [1.54, 1.807) is 12.1 Å². The second-order valence-electron chi connectivity index (χ2n) is 5.29. The van der Waals surface area contributed by atoms with Crippen LogP contribution in [0.2, 0.25) is 0 Å². The second kappa shape index (κ2) is 8.40. The molecule has 0 aliphatic rings. The largest absolute Gasteiger partial charge is 0.478 e. The number of carboxylic acid groups (broad SMARTS) is 1. The number of anilines is 1. The number of para-hydroxylation sites is 1. The second-order valence-corrected chi connectivity index (χ2v) is 6.75. The number of amides is 1. The number of carbonyl (C=O) groups is 2. The van der Waals surface area contributed by atoms with Crippen LogP contribution in [0.3, 0.4) is 0 Å². The number of rotatable bonds is 7. The molecule has 24 heavy (non-hydrogen) atoms. The Morgan fingerprint density at radius 2 is 1.75 bits per heavy atom. The number of aryl methyl sites for hydroxylation is 1. The molecule has 0 aliphatic carbocycles. The van der Waals surface area contributed by atoms with Crippen molar-refractivity contribution in [3.63, 3.8) is 0 Å². The van der Waals surface area contributed by atoms with Crippen molar-refractivity contribution in [3.05, 3.63) is 65.2 Å². The summed E-state index contributed by atoms with van der Waals surface area (Å²) < 4.78 is 12.1. The van der Waals surface area contributed by atoms with Crippen molar-refractivity contribution < 1.29 is 18.9 Å². The summed E-state index contributed by atoms with van der Waals surface area (Å²) in [5, 5.41) is 11.6. The molecule has 0 saturated carbocycles. The summed E-state index contributed by atoms with van der Waals surface area (Å²) in [6, 6.07) is 13.7. The van der Waals surface area contributed by atoms with E-state index in [1.165, 1.54) is 12.1 Å². The average molecular weight is 345 g/mol. The van der Waals surface area contributed by atoms with Crippen molar-refractivity contribution in [2.24, 2.45) is 0 Å². The zero-order valence-electron chi connectivity index (χ0n) is 13.3. The normalized spacial score (nSPS) is 11.7. The van der Waals surface area contributed by atoms with E-state index in [-0.39, 0.29) is 23.0 Å². The van der Waals surface area contributed by atoms with Crippen LogP contribution < -0.4 is 5.32 Å². The summed E-state index contributed by atoms with van der Waals surface area (Å²) >= 11 is 0. The molecule has 5 nitrogen and oxygen atoms in total. The van der Waals surface area contributed by atoms with E-state index in [2.05, 4.69) is 5.32 Å². The van der Waals surface area contributed by atoms with Crippen LogP contribution in [-0.4, -0.2) is 26.9 Å². The van der Waals surface area contributed by atoms with Crippen molar-refractivity contribution in [3.8, 4) is 0 Å². The van der Waals surface area contributed by atoms with Crippen LogP contribution in [0, 0.1) is 0 Å². The van der Waals surface area contributed by atoms with Gasteiger partial charge in [-0.2, -0.15) is 0 Å². The number of hydrogen-bond donors (Lipinski definition) is 2. The third kappa shape index (κ3) is 5.03. The number of hydrogen-bond acceptors (Lipinski definition) is 3. The van der Waals surface area contributed by atoms with Crippen LogP contribution in [-0.2, 0) is 27.8 Å². The molecule has 1 atom stereocenters. The first-order valence-electron chi connectivity index (χ1n) is 7.54. The van der Waals surface area contributed by atoms with Gasteiger partial charge in [-0.05, 0) is 35.7 Å². The topological polar surface area (TPSA) is 83.5 Å². The molecule has 6 heteroatoms. The quantitative estimate of drug-likeness (QED) is 0.808. The van der Waals surface area contributed by atoms with Crippen molar-refractivity contribution in [2.75, 3.05) is 11.1 Å². The molecule has 0 fully saturated rings. The fourth-order valence-electron chi connectivity index (χ4n) is 2.26. The highest BCUT2D eigenvalue weighted by molar-refractivity contribution is 7.84. The van der Waals surface area contributed by atoms with E-state index in [9.17, 15) is 13.8 Å². The molecule has 1 unspecified atom stereocenters. The highest BCUT2D eigenvalue weighted by Crippen LogP contribution is 2.15. The Labute approximate surface area is 143 Å². The summed E-state index contributed by atoms with van der Waals surface area (Å²) in [6.45, 7) is 2.00. The zero-order valence-corrected chi connectivity index (χ0v) is 14.1. The fraction of sp³-hybridized carbons (Fsp3) is 0.222. The van der Waals surface area contributed by atoms with Crippen LogP contribution in [0.1, 0.15) is 28.4 Å². The van der Waals surface area contributed by atoms with Crippen LogP contribution in [0.5, 0.6) is 0 Å². The highest BCUT2D eigenvalue weighted by atomic mass is 32.2. The Bertz CT molecular complexity index is 756.